The number of hydrogen-bond donors (Lipinski definition) is 3. The monoisotopic (exact) mass is 562 g/mol. The molecule has 9 heteroatoms. The van der Waals surface area contributed by atoms with Crippen molar-refractivity contribution < 1.29 is 23.9 Å². The number of ether oxygens (including phenoxy) is 1. The first-order valence-electron chi connectivity index (χ1n) is 14.2. The quantitative estimate of drug-likeness (QED) is 0.249. The number of aromatic nitrogens is 1. The molecule has 9 nitrogen and oxygen atoms in total. The predicted octanol–water partition coefficient (Wildman–Crippen LogP) is 4.13. The summed E-state index contributed by atoms with van der Waals surface area (Å²) in [5.74, 6) is -3.35. The maximum Gasteiger partial charge on any atom is 0.338 e. The van der Waals surface area contributed by atoms with Gasteiger partial charge in [0.05, 0.1) is 29.7 Å². The van der Waals surface area contributed by atoms with Crippen molar-refractivity contribution >= 4 is 46.0 Å². The second-order valence-corrected chi connectivity index (χ2v) is 11.4. The number of carbonyl (C=O) groups is 4. The lowest BCUT2D eigenvalue weighted by atomic mass is 9.75. The molecule has 0 aliphatic carbocycles. The lowest BCUT2D eigenvalue weighted by Crippen LogP contribution is -2.53. The predicted molar refractivity (Wildman–Crippen MR) is 157 cm³/mol. The lowest BCUT2D eigenvalue weighted by molar-refractivity contribution is -0.130. The molecule has 4 unspecified atom stereocenters. The zero-order chi connectivity index (χ0) is 29.3. The van der Waals surface area contributed by atoms with Crippen molar-refractivity contribution in [3.05, 3.63) is 94.7 Å². The first kappa shape index (κ1) is 26.2. The number of nitrogens with one attached hydrogen (secondary N) is 3. The molecular formula is C33H30N4O5. The average molecular weight is 563 g/mol. The van der Waals surface area contributed by atoms with Gasteiger partial charge in [-0.25, -0.2) is 9.69 Å². The van der Waals surface area contributed by atoms with E-state index in [1.165, 1.54) is 4.90 Å². The largest absolute Gasteiger partial charge is 0.462 e. The van der Waals surface area contributed by atoms with E-state index in [0.717, 1.165) is 27.6 Å². The molecule has 4 atom stereocenters. The summed E-state index contributed by atoms with van der Waals surface area (Å²) in [6, 6.07) is 17.6. The molecule has 3 aliphatic heterocycles. The van der Waals surface area contributed by atoms with Crippen molar-refractivity contribution in [3.63, 3.8) is 0 Å². The molecule has 3 aliphatic rings. The van der Waals surface area contributed by atoms with E-state index in [4.69, 9.17) is 4.74 Å². The summed E-state index contributed by atoms with van der Waals surface area (Å²) in [6.07, 6.45) is 2.37. The molecule has 0 radical (unpaired) electrons. The topological polar surface area (TPSA) is 121 Å². The number of benzene rings is 3. The number of para-hydroxylation sites is 1. The molecule has 0 bridgehead atoms. The van der Waals surface area contributed by atoms with E-state index in [-0.39, 0.29) is 18.4 Å². The molecule has 42 heavy (non-hydrogen) atoms. The van der Waals surface area contributed by atoms with Crippen LogP contribution in [0.3, 0.4) is 0 Å². The lowest BCUT2D eigenvalue weighted by Gasteiger charge is -2.30. The highest BCUT2D eigenvalue weighted by molar-refractivity contribution is 6.26. The van der Waals surface area contributed by atoms with Gasteiger partial charge in [0.2, 0.25) is 17.7 Å². The number of aryl methyl sites for hydroxylation is 2. The molecule has 1 aromatic heterocycles. The fourth-order valence-corrected chi connectivity index (χ4v) is 7.19. The van der Waals surface area contributed by atoms with E-state index in [1.54, 1.807) is 31.2 Å². The second kappa shape index (κ2) is 9.39. The number of fused-ring (bicyclic) bond motifs is 5. The zero-order valence-corrected chi connectivity index (χ0v) is 23.5. The first-order chi connectivity index (χ1) is 20.2. The van der Waals surface area contributed by atoms with Gasteiger partial charge in [0, 0.05) is 34.4 Å². The van der Waals surface area contributed by atoms with Crippen LogP contribution in [0.4, 0.5) is 11.4 Å². The Morgan fingerprint density at radius 1 is 1.00 bits per heavy atom. The van der Waals surface area contributed by atoms with Gasteiger partial charge >= 0.3 is 5.97 Å². The summed E-state index contributed by atoms with van der Waals surface area (Å²) in [5, 5.41) is 7.61. The van der Waals surface area contributed by atoms with Crippen molar-refractivity contribution in [1.82, 2.24) is 10.3 Å². The van der Waals surface area contributed by atoms with E-state index < -0.39 is 35.3 Å². The Hall–Kier alpha value is -4.76. The molecule has 4 heterocycles. The van der Waals surface area contributed by atoms with E-state index in [2.05, 4.69) is 15.6 Å². The van der Waals surface area contributed by atoms with Crippen LogP contribution in [0.1, 0.15) is 39.5 Å². The van der Waals surface area contributed by atoms with Crippen molar-refractivity contribution in [2.24, 2.45) is 11.8 Å². The Labute approximate surface area is 242 Å². The maximum atomic E-state index is 14.4. The molecule has 212 valence electrons. The Kier molecular flexibility index (Phi) is 5.85. The summed E-state index contributed by atoms with van der Waals surface area (Å²) in [7, 11) is 0. The summed E-state index contributed by atoms with van der Waals surface area (Å²) in [4.78, 5) is 59.3. The van der Waals surface area contributed by atoms with Gasteiger partial charge in [0.15, 0.2) is 0 Å². The van der Waals surface area contributed by atoms with Crippen LogP contribution in [0, 0.1) is 25.7 Å². The minimum Gasteiger partial charge on any atom is -0.462 e. The Morgan fingerprint density at radius 3 is 2.52 bits per heavy atom. The minimum absolute atomic E-state index is 0.239. The fraction of sp³-hybridized carbons (Fsp3) is 0.273. The third kappa shape index (κ3) is 3.59. The Bertz CT molecular complexity index is 1810. The zero-order valence-electron chi connectivity index (χ0n) is 23.5. The van der Waals surface area contributed by atoms with Gasteiger partial charge in [-0.15, -0.1) is 0 Å². The second-order valence-electron chi connectivity index (χ2n) is 11.4. The molecule has 3 aromatic carbocycles. The van der Waals surface area contributed by atoms with Crippen LogP contribution < -0.4 is 15.5 Å². The third-order valence-electron chi connectivity index (χ3n) is 8.92. The summed E-state index contributed by atoms with van der Waals surface area (Å²) in [6.45, 7) is 5.85. The van der Waals surface area contributed by atoms with Crippen LogP contribution in [0.2, 0.25) is 0 Å². The fourth-order valence-electron chi connectivity index (χ4n) is 7.19. The number of anilines is 2. The summed E-state index contributed by atoms with van der Waals surface area (Å²) < 4.78 is 5.08. The number of aromatic amines is 1. The molecule has 7 rings (SSSR count). The SMILES string of the molecule is CCOC(=O)c1ccc(N2C(=O)C3C(Cc4c[nH]c5ccccc45)NC4(C(=O)Nc5c(C)cc(C)cc54)C3C2=O)cc1. The molecule has 4 aromatic rings. The summed E-state index contributed by atoms with van der Waals surface area (Å²) in [5.41, 5.74) is 4.49. The van der Waals surface area contributed by atoms with Crippen molar-refractivity contribution in [3.8, 4) is 0 Å². The van der Waals surface area contributed by atoms with E-state index in [0.29, 0.717) is 28.9 Å². The van der Waals surface area contributed by atoms with Gasteiger partial charge in [-0.1, -0.05) is 35.9 Å². The smallest absolute Gasteiger partial charge is 0.338 e. The van der Waals surface area contributed by atoms with E-state index in [1.807, 2.05) is 56.4 Å². The van der Waals surface area contributed by atoms with Crippen LogP contribution in [0.25, 0.3) is 10.9 Å². The number of imide groups is 1. The van der Waals surface area contributed by atoms with Gasteiger partial charge in [-0.05, 0) is 68.7 Å². The standard InChI is InChI=1S/C33H30N4O5/c1-4-42-31(40)19-9-11-21(12-10-19)37-29(38)26-25(15-20-16-34-24-8-6-5-7-22(20)24)36-33(27(26)30(37)39)23-14-17(2)13-18(3)28(23)35-32(33)41/h5-14,16,25-27,34,36H,4,15H2,1-3H3,(H,35,41). The van der Waals surface area contributed by atoms with Crippen LogP contribution in [-0.2, 0) is 31.1 Å². The van der Waals surface area contributed by atoms with Gasteiger partial charge in [-0.3, -0.25) is 19.7 Å². The maximum absolute atomic E-state index is 14.4. The first-order valence-corrected chi connectivity index (χ1v) is 14.2. The van der Waals surface area contributed by atoms with Crippen molar-refractivity contribution in [2.75, 3.05) is 16.8 Å². The Morgan fingerprint density at radius 2 is 1.76 bits per heavy atom. The molecule has 3 N–H and O–H groups in total. The number of nitrogens with zero attached hydrogens (tertiary/aromatic N) is 1. The number of H-pyrrole nitrogens is 1. The molecule has 0 saturated carbocycles. The van der Waals surface area contributed by atoms with Gasteiger partial charge in [0.25, 0.3) is 0 Å². The molecule has 2 fully saturated rings. The van der Waals surface area contributed by atoms with Crippen LogP contribution >= 0.6 is 0 Å². The van der Waals surface area contributed by atoms with E-state index >= 15 is 0 Å². The molecule has 2 saturated heterocycles. The molecule has 1 spiro atoms. The van der Waals surface area contributed by atoms with Crippen LogP contribution in [0.15, 0.2) is 66.9 Å². The molecule has 3 amide bonds. The number of amides is 3. The van der Waals surface area contributed by atoms with E-state index in [9.17, 15) is 19.2 Å². The summed E-state index contributed by atoms with van der Waals surface area (Å²) >= 11 is 0. The Balaban J connectivity index is 1.34. The van der Waals surface area contributed by atoms with Crippen LogP contribution in [0.5, 0.6) is 0 Å². The van der Waals surface area contributed by atoms with Crippen molar-refractivity contribution in [1.29, 1.82) is 0 Å². The number of rotatable bonds is 5. The highest BCUT2D eigenvalue weighted by Crippen LogP contribution is 2.54. The van der Waals surface area contributed by atoms with Gasteiger partial charge in [-0.2, -0.15) is 0 Å². The van der Waals surface area contributed by atoms with Gasteiger partial charge < -0.3 is 15.0 Å². The highest BCUT2D eigenvalue weighted by Gasteiger charge is 2.70. The minimum atomic E-state index is -1.40. The number of esters is 1. The molecular weight excluding hydrogens is 532 g/mol. The number of hydrogen-bond acceptors (Lipinski definition) is 6. The highest BCUT2D eigenvalue weighted by atomic mass is 16.5. The van der Waals surface area contributed by atoms with Gasteiger partial charge in [0.1, 0.15) is 5.54 Å². The average Bonchev–Trinajstić information content (AvgIpc) is 3.68. The normalized spacial score (nSPS) is 24.4. The third-order valence-corrected chi connectivity index (χ3v) is 8.92. The van der Waals surface area contributed by atoms with Crippen molar-refractivity contribution in [2.45, 2.75) is 38.8 Å². The van der Waals surface area contributed by atoms with Crippen LogP contribution in [-0.4, -0.2) is 41.3 Å². The number of carbonyl (C=O) groups excluding carboxylic acids is 4.